The van der Waals surface area contributed by atoms with Gasteiger partial charge in [0.1, 0.15) is 30.5 Å². The van der Waals surface area contributed by atoms with Crippen molar-refractivity contribution in [3.8, 4) is 0 Å². The van der Waals surface area contributed by atoms with E-state index in [1.165, 1.54) is 0 Å². The minimum atomic E-state index is -1.41. The van der Waals surface area contributed by atoms with Crippen LogP contribution in [0.1, 0.15) is 49.1 Å². The van der Waals surface area contributed by atoms with Crippen LogP contribution in [-0.2, 0) is 11.2 Å². The minimum Gasteiger partial charge on any atom is -0.394 e. The molecular weight excluding hydrogens is 416 g/mol. The number of aliphatic hydroxyl groups excluding tert-OH is 4. The van der Waals surface area contributed by atoms with Gasteiger partial charge in [-0.1, -0.05) is 80.9 Å². The molecule has 0 spiro atoms. The highest BCUT2D eigenvalue weighted by Gasteiger charge is 2.44. The topological polar surface area (TPSA) is 90.2 Å². The summed E-state index contributed by atoms with van der Waals surface area (Å²) in [6, 6.07) is 13.5. The lowest BCUT2D eigenvalue weighted by molar-refractivity contribution is -0.231. The fourth-order valence-electron chi connectivity index (χ4n) is 3.60. The predicted molar refractivity (Wildman–Crippen MR) is 122 cm³/mol. The molecule has 0 amide bonds. The maximum Gasteiger partial charge on any atom is 0.113 e. The Bertz CT molecular complexity index is 901. The Balaban J connectivity index is 1.79. The lowest BCUT2D eigenvalue weighted by atomic mass is 9.90. The molecule has 3 rings (SSSR count). The number of allylic oxidation sites excluding steroid dienone is 1. The van der Waals surface area contributed by atoms with E-state index in [0.717, 1.165) is 16.7 Å². The van der Waals surface area contributed by atoms with Crippen LogP contribution >= 0.6 is 11.6 Å². The standard InChI is InChI=1S/C25H31ClO5/c1-25(2,3)11-10-15-4-6-16(7-5-15)12-18-13-17(8-9-19(18)26)24-23(30)22(29)21(28)20(14-27)31-24/h4-11,13,20-24,27-30H,12,14H2,1-3H3/b11-10+/t20?,21-,22+,23-,24+/m1/s1. The fourth-order valence-corrected chi connectivity index (χ4v) is 3.78. The van der Waals surface area contributed by atoms with Gasteiger partial charge in [-0.3, -0.25) is 0 Å². The van der Waals surface area contributed by atoms with Gasteiger partial charge in [0, 0.05) is 5.02 Å². The zero-order valence-electron chi connectivity index (χ0n) is 18.1. The lowest BCUT2D eigenvalue weighted by Gasteiger charge is -2.40. The van der Waals surface area contributed by atoms with E-state index in [1.807, 2.05) is 6.07 Å². The summed E-state index contributed by atoms with van der Waals surface area (Å²) in [4.78, 5) is 0. The van der Waals surface area contributed by atoms with Crippen LogP contribution < -0.4 is 0 Å². The van der Waals surface area contributed by atoms with Gasteiger partial charge in [-0.2, -0.15) is 0 Å². The highest BCUT2D eigenvalue weighted by molar-refractivity contribution is 6.31. The first-order chi connectivity index (χ1) is 14.6. The summed E-state index contributed by atoms with van der Waals surface area (Å²) in [5, 5.41) is 40.5. The Morgan fingerprint density at radius 1 is 0.968 bits per heavy atom. The third-order valence-corrected chi connectivity index (χ3v) is 5.81. The Morgan fingerprint density at radius 2 is 1.65 bits per heavy atom. The number of hydrogen-bond donors (Lipinski definition) is 4. The molecule has 2 aromatic carbocycles. The van der Waals surface area contributed by atoms with Gasteiger partial charge in [0.2, 0.25) is 0 Å². The zero-order valence-corrected chi connectivity index (χ0v) is 18.8. The lowest BCUT2D eigenvalue weighted by Crippen LogP contribution is -2.55. The Labute approximate surface area is 188 Å². The third kappa shape index (κ3) is 5.95. The van der Waals surface area contributed by atoms with Crippen molar-refractivity contribution < 1.29 is 25.2 Å². The smallest absolute Gasteiger partial charge is 0.113 e. The Kier molecular flexibility index (Phi) is 7.58. The van der Waals surface area contributed by atoms with Crippen LogP contribution in [0.3, 0.4) is 0 Å². The van der Waals surface area contributed by atoms with Gasteiger partial charge in [0.05, 0.1) is 6.61 Å². The summed E-state index contributed by atoms with van der Waals surface area (Å²) < 4.78 is 5.67. The molecule has 0 radical (unpaired) electrons. The number of hydrogen-bond acceptors (Lipinski definition) is 5. The molecule has 0 aliphatic carbocycles. The van der Waals surface area contributed by atoms with Crippen molar-refractivity contribution >= 4 is 17.7 Å². The minimum absolute atomic E-state index is 0.122. The summed E-state index contributed by atoms with van der Waals surface area (Å²) in [6.45, 7) is 6.00. The van der Waals surface area contributed by atoms with Gasteiger partial charge in [0.15, 0.2) is 0 Å². The van der Waals surface area contributed by atoms with Crippen molar-refractivity contribution in [2.45, 2.75) is 57.7 Å². The van der Waals surface area contributed by atoms with Crippen molar-refractivity contribution in [2.75, 3.05) is 6.61 Å². The molecule has 0 bridgehead atoms. The number of ether oxygens (including phenoxy) is 1. The summed E-state index contributed by atoms with van der Waals surface area (Å²) in [5.41, 5.74) is 3.81. The molecule has 1 heterocycles. The Morgan fingerprint density at radius 3 is 2.26 bits per heavy atom. The average molecular weight is 447 g/mol. The van der Waals surface area contributed by atoms with Crippen molar-refractivity contribution in [3.05, 3.63) is 75.8 Å². The highest BCUT2D eigenvalue weighted by atomic mass is 35.5. The van der Waals surface area contributed by atoms with E-state index in [-0.39, 0.29) is 5.41 Å². The molecule has 5 nitrogen and oxygen atoms in total. The van der Waals surface area contributed by atoms with E-state index in [2.05, 4.69) is 57.2 Å². The van der Waals surface area contributed by atoms with Crippen LogP contribution in [0.15, 0.2) is 48.5 Å². The second kappa shape index (κ2) is 9.82. The van der Waals surface area contributed by atoms with Crippen LogP contribution in [0.5, 0.6) is 0 Å². The first-order valence-corrected chi connectivity index (χ1v) is 10.8. The van der Waals surface area contributed by atoms with E-state index < -0.39 is 37.1 Å². The average Bonchev–Trinajstić information content (AvgIpc) is 2.73. The molecule has 2 aromatic rings. The van der Waals surface area contributed by atoms with Gasteiger partial charge in [-0.05, 0) is 40.2 Å². The van der Waals surface area contributed by atoms with Crippen LogP contribution in [0.25, 0.3) is 6.08 Å². The number of rotatable bonds is 5. The zero-order chi connectivity index (χ0) is 22.8. The summed E-state index contributed by atoms with van der Waals surface area (Å²) >= 11 is 6.42. The van der Waals surface area contributed by atoms with Crippen molar-refractivity contribution in [1.29, 1.82) is 0 Å². The maximum absolute atomic E-state index is 10.4. The van der Waals surface area contributed by atoms with E-state index >= 15 is 0 Å². The van der Waals surface area contributed by atoms with E-state index in [4.69, 9.17) is 16.3 Å². The molecule has 1 fully saturated rings. The number of benzene rings is 2. The van der Waals surface area contributed by atoms with Gasteiger partial charge in [-0.25, -0.2) is 0 Å². The normalized spacial score (nSPS) is 27.0. The molecule has 0 aromatic heterocycles. The molecule has 1 saturated heterocycles. The summed E-state index contributed by atoms with van der Waals surface area (Å²) in [7, 11) is 0. The largest absolute Gasteiger partial charge is 0.394 e. The van der Waals surface area contributed by atoms with Gasteiger partial charge >= 0.3 is 0 Å². The van der Waals surface area contributed by atoms with Crippen molar-refractivity contribution in [2.24, 2.45) is 5.41 Å². The molecule has 6 heteroatoms. The van der Waals surface area contributed by atoms with Crippen LogP contribution in [-0.4, -0.2) is 51.4 Å². The molecule has 4 N–H and O–H groups in total. The van der Waals surface area contributed by atoms with Crippen LogP contribution in [0, 0.1) is 5.41 Å². The van der Waals surface area contributed by atoms with Gasteiger partial charge in [0.25, 0.3) is 0 Å². The monoisotopic (exact) mass is 446 g/mol. The molecule has 168 valence electrons. The SMILES string of the molecule is CC(C)(C)/C=C/c1ccc(Cc2cc([C@@H]3OC(CO)[C@@H](O)[C@H](O)[C@H]3O)ccc2Cl)cc1. The van der Waals surface area contributed by atoms with Gasteiger partial charge in [-0.15, -0.1) is 0 Å². The molecule has 0 saturated carbocycles. The quantitative estimate of drug-likeness (QED) is 0.564. The number of aliphatic hydroxyl groups is 4. The van der Waals surface area contributed by atoms with Gasteiger partial charge < -0.3 is 25.2 Å². The predicted octanol–water partition coefficient (Wildman–Crippen LogP) is 3.51. The molecule has 31 heavy (non-hydrogen) atoms. The molecule has 5 atom stereocenters. The molecular formula is C25H31ClO5. The molecule has 1 unspecified atom stereocenters. The molecule has 1 aliphatic heterocycles. The second-order valence-corrected chi connectivity index (χ2v) is 9.63. The summed E-state index contributed by atoms with van der Waals surface area (Å²) in [5.74, 6) is 0. The maximum atomic E-state index is 10.4. The van der Waals surface area contributed by atoms with E-state index in [9.17, 15) is 20.4 Å². The molecule has 1 aliphatic rings. The van der Waals surface area contributed by atoms with Crippen LogP contribution in [0.2, 0.25) is 5.02 Å². The summed E-state index contributed by atoms with van der Waals surface area (Å²) in [6.07, 6.45) is -1.07. The first kappa shape index (κ1) is 23.9. The van der Waals surface area contributed by atoms with E-state index in [0.29, 0.717) is 17.0 Å². The van der Waals surface area contributed by atoms with Crippen LogP contribution in [0.4, 0.5) is 0 Å². The third-order valence-electron chi connectivity index (χ3n) is 5.44. The van der Waals surface area contributed by atoms with Crippen molar-refractivity contribution in [3.63, 3.8) is 0 Å². The van der Waals surface area contributed by atoms with E-state index in [1.54, 1.807) is 12.1 Å². The first-order valence-electron chi connectivity index (χ1n) is 10.5. The fraction of sp³-hybridized carbons (Fsp3) is 0.440. The Hall–Kier alpha value is -1.73. The second-order valence-electron chi connectivity index (χ2n) is 9.22. The van der Waals surface area contributed by atoms with Crippen molar-refractivity contribution in [1.82, 2.24) is 0 Å². The number of halogens is 1. The highest BCUT2D eigenvalue weighted by Crippen LogP contribution is 2.34.